The molecule has 118 valence electrons. The Hall–Kier alpha value is -1.49. The smallest absolute Gasteiger partial charge is 0.156 e. The third-order valence-electron chi connectivity index (χ3n) is 3.17. The van der Waals surface area contributed by atoms with E-state index in [1.54, 1.807) is 30.0 Å². The van der Waals surface area contributed by atoms with Crippen molar-refractivity contribution in [2.75, 3.05) is 12.4 Å². The molecule has 3 aromatic rings. The van der Waals surface area contributed by atoms with Gasteiger partial charge in [-0.1, -0.05) is 47.5 Å². The Kier molecular flexibility index (Phi) is 5.26. The first-order chi connectivity index (χ1) is 11.1. The third kappa shape index (κ3) is 3.89. The van der Waals surface area contributed by atoms with Gasteiger partial charge in [0.15, 0.2) is 5.75 Å². The fourth-order valence-corrected chi connectivity index (χ4v) is 3.56. The number of ether oxygens (including phenoxy) is 1. The maximum atomic E-state index is 6.09. The molecule has 0 N–H and O–H groups in total. The first kappa shape index (κ1) is 16.4. The Morgan fingerprint density at radius 3 is 2.52 bits per heavy atom. The van der Waals surface area contributed by atoms with Crippen molar-refractivity contribution in [3.05, 3.63) is 58.3 Å². The van der Waals surface area contributed by atoms with Gasteiger partial charge in [-0.25, -0.2) is 9.97 Å². The Bertz CT molecular complexity index is 822. The van der Waals surface area contributed by atoms with E-state index in [0.29, 0.717) is 22.4 Å². The molecule has 0 saturated heterocycles. The SMILES string of the molecule is Cc1nc(SCCOc2c(Cl)cccc2Cl)c2ccccc2n1. The van der Waals surface area contributed by atoms with Crippen molar-refractivity contribution in [1.82, 2.24) is 9.97 Å². The van der Waals surface area contributed by atoms with Gasteiger partial charge in [0.1, 0.15) is 10.9 Å². The Morgan fingerprint density at radius 1 is 1.00 bits per heavy atom. The van der Waals surface area contributed by atoms with Crippen LogP contribution in [0.2, 0.25) is 10.0 Å². The van der Waals surface area contributed by atoms with E-state index in [2.05, 4.69) is 9.97 Å². The summed E-state index contributed by atoms with van der Waals surface area (Å²) in [5.41, 5.74) is 0.956. The largest absolute Gasteiger partial charge is 0.490 e. The molecule has 2 aromatic carbocycles. The van der Waals surface area contributed by atoms with Crippen molar-refractivity contribution >= 4 is 45.9 Å². The highest BCUT2D eigenvalue weighted by Gasteiger charge is 2.08. The molecule has 1 heterocycles. The lowest BCUT2D eigenvalue weighted by Crippen LogP contribution is -2.02. The molecule has 0 aliphatic rings. The van der Waals surface area contributed by atoms with Crippen LogP contribution in [0.1, 0.15) is 5.82 Å². The molecule has 0 spiro atoms. The monoisotopic (exact) mass is 364 g/mol. The van der Waals surface area contributed by atoms with Gasteiger partial charge in [-0.15, -0.1) is 11.8 Å². The van der Waals surface area contributed by atoms with Gasteiger partial charge >= 0.3 is 0 Å². The zero-order valence-electron chi connectivity index (χ0n) is 12.4. The number of benzene rings is 2. The number of aryl methyl sites for hydroxylation is 1. The van der Waals surface area contributed by atoms with E-state index in [4.69, 9.17) is 27.9 Å². The highest BCUT2D eigenvalue weighted by molar-refractivity contribution is 7.99. The fourth-order valence-electron chi connectivity index (χ4n) is 2.17. The lowest BCUT2D eigenvalue weighted by atomic mass is 10.2. The van der Waals surface area contributed by atoms with Crippen LogP contribution >= 0.6 is 35.0 Å². The maximum Gasteiger partial charge on any atom is 0.156 e. The summed E-state index contributed by atoms with van der Waals surface area (Å²) in [6, 6.07) is 13.3. The van der Waals surface area contributed by atoms with Crippen molar-refractivity contribution in [2.24, 2.45) is 0 Å². The van der Waals surface area contributed by atoms with E-state index >= 15 is 0 Å². The molecule has 1 aromatic heterocycles. The van der Waals surface area contributed by atoms with Gasteiger partial charge in [-0.2, -0.15) is 0 Å². The van der Waals surface area contributed by atoms with Gasteiger partial charge < -0.3 is 4.74 Å². The van der Waals surface area contributed by atoms with E-state index in [0.717, 1.165) is 27.5 Å². The zero-order valence-corrected chi connectivity index (χ0v) is 14.8. The van der Waals surface area contributed by atoms with Crippen LogP contribution in [-0.4, -0.2) is 22.3 Å². The predicted molar refractivity (Wildman–Crippen MR) is 97.0 cm³/mol. The molecule has 0 fully saturated rings. The van der Waals surface area contributed by atoms with Crippen molar-refractivity contribution in [2.45, 2.75) is 11.9 Å². The molecule has 0 radical (unpaired) electrons. The fraction of sp³-hybridized carbons (Fsp3) is 0.176. The number of fused-ring (bicyclic) bond motifs is 1. The number of thioether (sulfide) groups is 1. The van der Waals surface area contributed by atoms with Crippen LogP contribution in [0.15, 0.2) is 47.5 Å². The second-order valence-electron chi connectivity index (χ2n) is 4.84. The number of aromatic nitrogens is 2. The van der Waals surface area contributed by atoms with Gasteiger partial charge in [-0.05, 0) is 25.1 Å². The highest BCUT2D eigenvalue weighted by atomic mass is 35.5. The highest BCUT2D eigenvalue weighted by Crippen LogP contribution is 2.32. The van der Waals surface area contributed by atoms with E-state index in [-0.39, 0.29) is 0 Å². The van der Waals surface area contributed by atoms with E-state index in [9.17, 15) is 0 Å². The van der Waals surface area contributed by atoms with Crippen molar-refractivity contribution < 1.29 is 4.74 Å². The lowest BCUT2D eigenvalue weighted by Gasteiger charge is -2.10. The molecule has 23 heavy (non-hydrogen) atoms. The van der Waals surface area contributed by atoms with Gasteiger partial charge in [-0.3, -0.25) is 0 Å². The molecule has 0 aliphatic carbocycles. The van der Waals surface area contributed by atoms with Gasteiger partial charge in [0.25, 0.3) is 0 Å². The molecular weight excluding hydrogens is 351 g/mol. The number of nitrogens with zero attached hydrogens (tertiary/aromatic N) is 2. The van der Waals surface area contributed by atoms with Crippen LogP contribution in [0, 0.1) is 6.92 Å². The summed E-state index contributed by atoms with van der Waals surface area (Å²) in [7, 11) is 0. The summed E-state index contributed by atoms with van der Waals surface area (Å²) in [4.78, 5) is 8.97. The normalized spacial score (nSPS) is 10.9. The van der Waals surface area contributed by atoms with Crippen LogP contribution in [-0.2, 0) is 0 Å². The Morgan fingerprint density at radius 2 is 1.74 bits per heavy atom. The van der Waals surface area contributed by atoms with Crippen LogP contribution in [0.4, 0.5) is 0 Å². The van der Waals surface area contributed by atoms with E-state index < -0.39 is 0 Å². The average Bonchev–Trinajstić information content (AvgIpc) is 2.53. The zero-order chi connectivity index (χ0) is 16.2. The van der Waals surface area contributed by atoms with E-state index in [1.165, 1.54) is 0 Å². The third-order valence-corrected chi connectivity index (χ3v) is 4.72. The Labute approximate surface area is 149 Å². The second-order valence-corrected chi connectivity index (χ2v) is 6.74. The molecule has 3 nitrogen and oxygen atoms in total. The first-order valence-electron chi connectivity index (χ1n) is 7.08. The van der Waals surface area contributed by atoms with Gasteiger partial charge in [0, 0.05) is 11.1 Å². The first-order valence-corrected chi connectivity index (χ1v) is 8.82. The molecule has 0 unspecified atom stereocenters. The standard InChI is InChI=1S/C17H14Cl2N2OS/c1-11-20-15-8-3-2-5-12(15)17(21-11)23-10-9-22-16-13(18)6-4-7-14(16)19/h2-8H,9-10H2,1H3. The minimum absolute atomic E-state index is 0.492. The summed E-state index contributed by atoms with van der Waals surface area (Å²) >= 11 is 13.8. The maximum absolute atomic E-state index is 6.09. The molecule has 0 bridgehead atoms. The van der Waals surface area contributed by atoms with E-state index in [1.807, 2.05) is 31.2 Å². The number of rotatable bonds is 5. The minimum Gasteiger partial charge on any atom is -0.490 e. The summed E-state index contributed by atoms with van der Waals surface area (Å²) in [5, 5.41) is 3.05. The number of hydrogen-bond donors (Lipinski definition) is 0. The summed E-state index contributed by atoms with van der Waals surface area (Å²) in [6.45, 7) is 2.39. The minimum atomic E-state index is 0.492. The molecule has 6 heteroatoms. The topological polar surface area (TPSA) is 35.0 Å². The average molecular weight is 365 g/mol. The Balaban J connectivity index is 1.68. The lowest BCUT2D eigenvalue weighted by molar-refractivity contribution is 0.344. The molecular formula is C17H14Cl2N2OS. The molecule has 0 aliphatic heterocycles. The van der Waals surface area contributed by atoms with Crippen LogP contribution in [0.3, 0.4) is 0 Å². The van der Waals surface area contributed by atoms with Crippen molar-refractivity contribution in [3.8, 4) is 5.75 Å². The molecule has 3 rings (SSSR count). The van der Waals surface area contributed by atoms with Crippen molar-refractivity contribution in [1.29, 1.82) is 0 Å². The van der Waals surface area contributed by atoms with Crippen LogP contribution in [0.5, 0.6) is 5.75 Å². The number of para-hydroxylation sites is 2. The molecule has 0 saturated carbocycles. The van der Waals surface area contributed by atoms with Gasteiger partial charge in [0.05, 0.1) is 22.2 Å². The van der Waals surface area contributed by atoms with Gasteiger partial charge in [0.2, 0.25) is 0 Å². The van der Waals surface area contributed by atoms with Crippen LogP contribution < -0.4 is 4.74 Å². The summed E-state index contributed by atoms with van der Waals surface area (Å²) in [6.07, 6.45) is 0. The summed E-state index contributed by atoms with van der Waals surface area (Å²) < 4.78 is 5.70. The molecule has 0 amide bonds. The predicted octanol–water partition coefficient (Wildman–Crippen LogP) is 5.42. The quantitative estimate of drug-likeness (QED) is 0.344. The number of hydrogen-bond acceptors (Lipinski definition) is 4. The number of halogens is 2. The second kappa shape index (κ2) is 7.39. The summed E-state index contributed by atoms with van der Waals surface area (Å²) in [5.74, 6) is 2.03. The molecule has 0 atom stereocenters. The van der Waals surface area contributed by atoms with Crippen molar-refractivity contribution in [3.63, 3.8) is 0 Å². The van der Waals surface area contributed by atoms with Crippen LogP contribution in [0.25, 0.3) is 10.9 Å².